The molecule has 0 bridgehead atoms. The minimum absolute atomic E-state index is 0.0365. The van der Waals surface area contributed by atoms with E-state index in [0.717, 1.165) is 30.5 Å². The zero-order valence-electron chi connectivity index (χ0n) is 10.9. The number of likely N-dealkylation sites (N-methyl/N-ethyl adjacent to an activating group) is 1. The van der Waals surface area contributed by atoms with E-state index < -0.39 is 0 Å². The Balaban J connectivity index is 2.06. The summed E-state index contributed by atoms with van der Waals surface area (Å²) in [5, 5.41) is 3.21. The molecule has 1 aromatic rings. The van der Waals surface area contributed by atoms with E-state index in [4.69, 9.17) is 5.73 Å². The highest BCUT2D eigenvalue weighted by Gasteiger charge is 2.24. The lowest BCUT2D eigenvalue weighted by atomic mass is 10.1. The van der Waals surface area contributed by atoms with Gasteiger partial charge in [0.25, 0.3) is 0 Å². The van der Waals surface area contributed by atoms with Gasteiger partial charge in [-0.25, -0.2) is 4.98 Å². The van der Waals surface area contributed by atoms with Crippen LogP contribution in [0.4, 0.5) is 5.13 Å². The average Bonchev–Trinajstić information content (AvgIpc) is 2.79. The fraction of sp³-hybridized carbons (Fsp3) is 0.750. The first kappa shape index (κ1) is 12.8. The van der Waals surface area contributed by atoms with Gasteiger partial charge in [0.05, 0.1) is 5.69 Å². The van der Waals surface area contributed by atoms with E-state index in [0.29, 0.717) is 6.04 Å². The summed E-state index contributed by atoms with van der Waals surface area (Å²) in [6.45, 7) is 7.50. The quantitative estimate of drug-likeness (QED) is 0.891. The maximum absolute atomic E-state index is 5.85. The minimum Gasteiger partial charge on any atom is -0.345 e. The van der Waals surface area contributed by atoms with Gasteiger partial charge in [-0.15, -0.1) is 11.3 Å². The van der Waals surface area contributed by atoms with E-state index in [1.54, 1.807) is 11.3 Å². The molecule has 0 radical (unpaired) electrons. The van der Waals surface area contributed by atoms with Crippen LogP contribution >= 0.6 is 11.3 Å². The fourth-order valence-electron chi connectivity index (χ4n) is 2.19. The zero-order chi connectivity index (χ0) is 12.4. The molecular formula is C12H22N4S. The first-order valence-electron chi connectivity index (χ1n) is 6.28. The van der Waals surface area contributed by atoms with E-state index in [9.17, 15) is 0 Å². The normalized spacial score (nSPS) is 24.0. The maximum atomic E-state index is 5.85. The summed E-state index contributed by atoms with van der Waals surface area (Å²) in [5.41, 5.74) is 6.86. The molecule has 17 heavy (non-hydrogen) atoms. The molecule has 2 heterocycles. The molecule has 1 aliphatic rings. The molecule has 1 aromatic heterocycles. The summed E-state index contributed by atoms with van der Waals surface area (Å²) in [4.78, 5) is 9.46. The van der Waals surface area contributed by atoms with Crippen molar-refractivity contribution in [2.24, 2.45) is 5.73 Å². The van der Waals surface area contributed by atoms with Crippen LogP contribution in [0, 0.1) is 0 Å². The minimum atomic E-state index is 0.0365. The van der Waals surface area contributed by atoms with Crippen molar-refractivity contribution in [2.75, 3.05) is 31.6 Å². The Labute approximate surface area is 107 Å². The van der Waals surface area contributed by atoms with Crippen molar-refractivity contribution in [2.45, 2.75) is 32.4 Å². The number of thiazole rings is 1. The second-order valence-corrected chi connectivity index (χ2v) is 5.67. The Morgan fingerprint density at radius 2 is 2.35 bits per heavy atom. The van der Waals surface area contributed by atoms with E-state index in [2.05, 4.69) is 34.1 Å². The highest BCUT2D eigenvalue weighted by molar-refractivity contribution is 7.13. The van der Waals surface area contributed by atoms with Gasteiger partial charge < -0.3 is 10.6 Å². The second kappa shape index (κ2) is 5.33. The van der Waals surface area contributed by atoms with E-state index in [-0.39, 0.29) is 6.04 Å². The Bertz CT molecular complexity index is 363. The number of rotatable bonds is 3. The van der Waals surface area contributed by atoms with Crippen LogP contribution < -0.4 is 10.6 Å². The Morgan fingerprint density at radius 1 is 1.59 bits per heavy atom. The molecule has 5 heteroatoms. The molecule has 2 N–H and O–H groups in total. The van der Waals surface area contributed by atoms with Crippen LogP contribution in [-0.2, 0) is 0 Å². The van der Waals surface area contributed by atoms with Gasteiger partial charge in [-0.2, -0.15) is 0 Å². The summed E-state index contributed by atoms with van der Waals surface area (Å²) in [6.07, 6.45) is 1.19. The van der Waals surface area contributed by atoms with Crippen LogP contribution in [0.1, 0.15) is 32.0 Å². The number of nitrogens with zero attached hydrogens (tertiary/aromatic N) is 3. The first-order chi connectivity index (χ1) is 8.11. The Morgan fingerprint density at radius 3 is 2.94 bits per heavy atom. The van der Waals surface area contributed by atoms with Gasteiger partial charge in [-0.3, -0.25) is 4.90 Å². The molecule has 0 spiro atoms. The van der Waals surface area contributed by atoms with Crippen LogP contribution in [0.25, 0.3) is 0 Å². The SMILES string of the molecule is CCC1CN(c2nc(C(C)N)cs2)CCN1C. The first-order valence-corrected chi connectivity index (χ1v) is 7.16. The van der Waals surface area contributed by atoms with Gasteiger partial charge >= 0.3 is 0 Å². The van der Waals surface area contributed by atoms with Crippen molar-refractivity contribution < 1.29 is 0 Å². The van der Waals surface area contributed by atoms with Crippen molar-refractivity contribution in [3.63, 3.8) is 0 Å². The highest BCUT2D eigenvalue weighted by Crippen LogP contribution is 2.25. The standard InChI is InChI=1S/C12H22N4S/c1-4-10-7-16(6-5-15(10)3)12-14-11(8-17-12)9(2)13/h8-10H,4-7,13H2,1-3H3. The third-order valence-corrected chi connectivity index (χ3v) is 4.41. The molecule has 2 rings (SSSR count). The smallest absolute Gasteiger partial charge is 0.185 e. The molecule has 0 amide bonds. The lowest BCUT2D eigenvalue weighted by Crippen LogP contribution is -2.51. The van der Waals surface area contributed by atoms with Gasteiger partial charge in [0.15, 0.2) is 5.13 Å². The lowest BCUT2D eigenvalue weighted by molar-refractivity contribution is 0.213. The number of piperazine rings is 1. The van der Waals surface area contributed by atoms with Crippen molar-refractivity contribution in [3.05, 3.63) is 11.1 Å². The van der Waals surface area contributed by atoms with Gasteiger partial charge in [-0.1, -0.05) is 6.92 Å². The van der Waals surface area contributed by atoms with Crippen molar-refractivity contribution >= 4 is 16.5 Å². The van der Waals surface area contributed by atoms with E-state index in [1.165, 1.54) is 6.42 Å². The molecule has 0 aliphatic carbocycles. The molecule has 1 aliphatic heterocycles. The number of anilines is 1. The van der Waals surface area contributed by atoms with Crippen LogP contribution in [0.5, 0.6) is 0 Å². The topological polar surface area (TPSA) is 45.4 Å². The van der Waals surface area contributed by atoms with Crippen LogP contribution in [-0.4, -0.2) is 42.6 Å². The summed E-state index contributed by atoms with van der Waals surface area (Å²) in [6, 6.07) is 0.681. The lowest BCUT2D eigenvalue weighted by Gasteiger charge is -2.39. The monoisotopic (exact) mass is 254 g/mol. The molecule has 0 aromatic carbocycles. The van der Waals surface area contributed by atoms with Crippen LogP contribution in [0.2, 0.25) is 0 Å². The molecule has 1 fully saturated rings. The largest absolute Gasteiger partial charge is 0.345 e. The maximum Gasteiger partial charge on any atom is 0.185 e. The zero-order valence-corrected chi connectivity index (χ0v) is 11.7. The van der Waals surface area contributed by atoms with Crippen LogP contribution in [0.15, 0.2) is 5.38 Å². The molecule has 2 unspecified atom stereocenters. The van der Waals surface area contributed by atoms with Gasteiger partial charge in [0.1, 0.15) is 0 Å². The molecule has 1 saturated heterocycles. The third-order valence-electron chi connectivity index (χ3n) is 3.50. The molecule has 96 valence electrons. The fourth-order valence-corrected chi connectivity index (χ4v) is 3.16. The molecular weight excluding hydrogens is 232 g/mol. The van der Waals surface area contributed by atoms with Crippen molar-refractivity contribution in [3.8, 4) is 0 Å². The van der Waals surface area contributed by atoms with Crippen molar-refractivity contribution in [1.29, 1.82) is 0 Å². The average molecular weight is 254 g/mol. The number of nitrogens with two attached hydrogens (primary N) is 1. The third kappa shape index (κ3) is 2.78. The molecule has 2 atom stereocenters. The Hall–Kier alpha value is -0.650. The summed E-state index contributed by atoms with van der Waals surface area (Å²) in [5.74, 6) is 0. The summed E-state index contributed by atoms with van der Waals surface area (Å²) >= 11 is 1.71. The predicted octanol–water partition coefficient (Wildman–Crippen LogP) is 1.69. The van der Waals surface area contributed by atoms with Gasteiger partial charge in [-0.05, 0) is 20.4 Å². The molecule has 4 nitrogen and oxygen atoms in total. The predicted molar refractivity (Wildman–Crippen MR) is 73.6 cm³/mol. The van der Waals surface area contributed by atoms with Crippen molar-refractivity contribution in [1.82, 2.24) is 9.88 Å². The Kier molecular flexibility index (Phi) is 4.01. The van der Waals surface area contributed by atoms with E-state index in [1.807, 2.05) is 6.92 Å². The number of hydrogen-bond acceptors (Lipinski definition) is 5. The van der Waals surface area contributed by atoms with Crippen LogP contribution in [0.3, 0.4) is 0 Å². The number of hydrogen-bond donors (Lipinski definition) is 1. The highest BCUT2D eigenvalue weighted by atomic mass is 32.1. The summed E-state index contributed by atoms with van der Waals surface area (Å²) in [7, 11) is 2.21. The van der Waals surface area contributed by atoms with Gasteiger partial charge in [0.2, 0.25) is 0 Å². The molecule has 0 saturated carbocycles. The van der Waals surface area contributed by atoms with Gasteiger partial charge in [0, 0.05) is 37.1 Å². The number of aromatic nitrogens is 1. The van der Waals surface area contributed by atoms with E-state index >= 15 is 0 Å². The summed E-state index contributed by atoms with van der Waals surface area (Å²) < 4.78 is 0. The second-order valence-electron chi connectivity index (χ2n) is 4.83.